The van der Waals surface area contributed by atoms with E-state index < -0.39 is 11.6 Å². The zero-order valence-corrected chi connectivity index (χ0v) is 19.0. The molecule has 2 aliphatic rings. The highest BCUT2D eigenvalue weighted by molar-refractivity contribution is 6.42. The molecule has 0 unspecified atom stereocenters. The van der Waals surface area contributed by atoms with E-state index in [9.17, 15) is 14.7 Å². The Morgan fingerprint density at radius 1 is 1.19 bits per heavy atom. The monoisotopic (exact) mass is 462 g/mol. The van der Waals surface area contributed by atoms with Crippen LogP contribution in [0.5, 0.6) is 0 Å². The van der Waals surface area contributed by atoms with Crippen LogP contribution in [-0.2, 0) is 6.42 Å². The zero-order valence-electron chi connectivity index (χ0n) is 17.5. The molecule has 7 nitrogen and oxygen atoms in total. The van der Waals surface area contributed by atoms with Gasteiger partial charge in [-0.3, -0.25) is 4.90 Å². The van der Waals surface area contributed by atoms with Gasteiger partial charge in [-0.25, -0.2) is 14.6 Å². The first-order valence-corrected chi connectivity index (χ1v) is 10.9. The van der Waals surface area contributed by atoms with Crippen LogP contribution in [0.2, 0.25) is 10.0 Å². The fraction of sp³-hybridized carbons (Fsp3) is 0.409. The van der Waals surface area contributed by atoms with Gasteiger partial charge >= 0.3 is 12.1 Å². The SMILES string of the molecule is CC(C)(C)N(C(=O)O)c1nccc2c1[C@@H]1CC[C@H](C2)N1C(=O)Nc1ccc(Cl)c(Cl)c1. The Kier molecular flexibility index (Phi) is 5.52. The van der Waals surface area contributed by atoms with E-state index in [4.69, 9.17) is 23.2 Å². The van der Waals surface area contributed by atoms with Crippen LogP contribution >= 0.6 is 23.2 Å². The van der Waals surface area contributed by atoms with Crippen molar-refractivity contribution < 1.29 is 14.7 Å². The number of amides is 3. The molecule has 1 saturated heterocycles. The van der Waals surface area contributed by atoms with Gasteiger partial charge in [0.1, 0.15) is 5.82 Å². The summed E-state index contributed by atoms with van der Waals surface area (Å²) in [7, 11) is 0. The fourth-order valence-corrected chi connectivity index (χ4v) is 4.90. The molecule has 4 rings (SSSR count). The fourth-order valence-electron chi connectivity index (χ4n) is 4.61. The number of halogens is 2. The predicted octanol–water partition coefficient (Wildman–Crippen LogP) is 5.97. The Morgan fingerprint density at radius 2 is 1.94 bits per heavy atom. The molecule has 1 aromatic carbocycles. The minimum atomic E-state index is -1.07. The molecule has 2 N–H and O–H groups in total. The first-order chi connectivity index (χ1) is 14.6. The van der Waals surface area contributed by atoms with E-state index in [0.29, 0.717) is 28.0 Å². The minimum Gasteiger partial charge on any atom is -0.465 e. The topological polar surface area (TPSA) is 85.8 Å². The lowest BCUT2D eigenvalue weighted by Crippen LogP contribution is -2.48. The molecule has 3 heterocycles. The third-order valence-electron chi connectivity index (χ3n) is 5.83. The van der Waals surface area contributed by atoms with Crippen LogP contribution in [0.1, 0.15) is 50.8 Å². The molecule has 31 heavy (non-hydrogen) atoms. The number of carbonyl (C=O) groups excluding carboxylic acids is 1. The van der Waals surface area contributed by atoms with Crippen molar-refractivity contribution in [2.24, 2.45) is 0 Å². The molecule has 2 atom stereocenters. The second-order valence-corrected chi connectivity index (χ2v) is 9.73. The zero-order chi connectivity index (χ0) is 22.5. The molecule has 9 heteroatoms. The Bertz CT molecular complexity index is 1050. The molecule has 3 amide bonds. The van der Waals surface area contributed by atoms with E-state index in [1.54, 1.807) is 24.4 Å². The van der Waals surface area contributed by atoms with E-state index in [0.717, 1.165) is 24.0 Å². The van der Waals surface area contributed by atoms with Crippen LogP contribution in [0.3, 0.4) is 0 Å². The predicted molar refractivity (Wildman–Crippen MR) is 121 cm³/mol. The summed E-state index contributed by atoms with van der Waals surface area (Å²) in [6, 6.07) is 6.43. The van der Waals surface area contributed by atoms with Gasteiger partial charge in [0.25, 0.3) is 0 Å². The van der Waals surface area contributed by atoms with Gasteiger partial charge in [-0.05, 0) is 69.9 Å². The molecule has 2 aliphatic heterocycles. The summed E-state index contributed by atoms with van der Waals surface area (Å²) < 4.78 is 0. The lowest BCUT2D eigenvalue weighted by atomic mass is 9.93. The standard InChI is InChI=1S/C22H24Cl2N4O3/c1-22(2,3)28(21(30)31)19-18-12(8-9-25-19)10-14-5-7-17(18)27(14)20(29)26-13-4-6-15(23)16(24)11-13/h4,6,8-9,11,14,17H,5,7,10H2,1-3H3,(H,26,29)(H,30,31)/t14-,17+/m1/s1. The maximum atomic E-state index is 13.2. The van der Waals surface area contributed by atoms with Crippen molar-refractivity contribution in [2.75, 3.05) is 10.2 Å². The van der Waals surface area contributed by atoms with Crippen molar-refractivity contribution in [1.82, 2.24) is 9.88 Å². The third-order valence-corrected chi connectivity index (χ3v) is 6.57. The quantitative estimate of drug-likeness (QED) is 0.575. The van der Waals surface area contributed by atoms with Crippen molar-refractivity contribution in [3.05, 3.63) is 51.6 Å². The molecule has 1 fully saturated rings. The number of hydrogen-bond acceptors (Lipinski definition) is 3. The summed E-state index contributed by atoms with van der Waals surface area (Å²) in [4.78, 5) is 32.9. The number of rotatable bonds is 2. The molecule has 0 radical (unpaired) electrons. The van der Waals surface area contributed by atoms with E-state index in [-0.39, 0.29) is 18.1 Å². The van der Waals surface area contributed by atoms with Crippen molar-refractivity contribution in [3.8, 4) is 0 Å². The first-order valence-electron chi connectivity index (χ1n) is 10.1. The minimum absolute atomic E-state index is 0.0448. The maximum Gasteiger partial charge on any atom is 0.413 e. The number of benzene rings is 1. The second kappa shape index (κ2) is 7.88. The molecule has 164 valence electrons. The average molecular weight is 463 g/mol. The number of hydrogen-bond donors (Lipinski definition) is 2. The van der Waals surface area contributed by atoms with Crippen LogP contribution in [-0.4, -0.2) is 38.7 Å². The van der Waals surface area contributed by atoms with Gasteiger partial charge in [0, 0.05) is 29.0 Å². The summed E-state index contributed by atoms with van der Waals surface area (Å²) in [6.07, 6.45) is 2.84. The van der Waals surface area contributed by atoms with E-state index in [2.05, 4.69) is 10.3 Å². The summed E-state index contributed by atoms with van der Waals surface area (Å²) in [5, 5.41) is 13.6. The average Bonchev–Trinajstić information content (AvgIpc) is 2.97. The van der Waals surface area contributed by atoms with Crippen LogP contribution in [0.25, 0.3) is 0 Å². The van der Waals surface area contributed by atoms with E-state index in [1.807, 2.05) is 31.7 Å². The van der Waals surface area contributed by atoms with Crippen molar-refractivity contribution in [1.29, 1.82) is 0 Å². The maximum absolute atomic E-state index is 13.2. The van der Waals surface area contributed by atoms with E-state index >= 15 is 0 Å². The molecule has 0 aliphatic carbocycles. The van der Waals surface area contributed by atoms with Crippen molar-refractivity contribution in [3.63, 3.8) is 0 Å². The van der Waals surface area contributed by atoms with Gasteiger partial charge in [-0.15, -0.1) is 0 Å². The van der Waals surface area contributed by atoms with Crippen LogP contribution < -0.4 is 10.2 Å². The van der Waals surface area contributed by atoms with Crippen molar-refractivity contribution >= 4 is 46.8 Å². The molecule has 1 aromatic heterocycles. The number of aromatic nitrogens is 1. The number of pyridine rings is 1. The Morgan fingerprint density at radius 3 is 2.58 bits per heavy atom. The number of nitrogens with zero attached hydrogens (tertiary/aromatic N) is 3. The third kappa shape index (κ3) is 3.92. The van der Waals surface area contributed by atoms with Gasteiger partial charge in [-0.2, -0.15) is 0 Å². The second-order valence-electron chi connectivity index (χ2n) is 8.91. The molecular weight excluding hydrogens is 439 g/mol. The number of urea groups is 1. The van der Waals surface area contributed by atoms with E-state index in [1.165, 1.54) is 4.90 Å². The smallest absolute Gasteiger partial charge is 0.413 e. The summed E-state index contributed by atoms with van der Waals surface area (Å²) >= 11 is 12.1. The molecular formula is C22H24Cl2N4O3. The number of carbonyl (C=O) groups is 2. The normalized spacial score (nSPS) is 19.7. The summed E-state index contributed by atoms with van der Waals surface area (Å²) in [6.45, 7) is 5.49. The largest absolute Gasteiger partial charge is 0.465 e. The number of fused-ring (bicyclic) bond motifs is 4. The Labute approximate surface area is 191 Å². The summed E-state index contributed by atoms with van der Waals surface area (Å²) in [5.74, 6) is 0.398. The highest BCUT2D eigenvalue weighted by atomic mass is 35.5. The van der Waals surface area contributed by atoms with Crippen LogP contribution in [0.4, 0.5) is 21.1 Å². The van der Waals surface area contributed by atoms with Gasteiger partial charge in [-0.1, -0.05) is 23.2 Å². The van der Waals surface area contributed by atoms with Crippen molar-refractivity contribution in [2.45, 2.75) is 57.7 Å². The highest BCUT2D eigenvalue weighted by Crippen LogP contribution is 2.47. The van der Waals surface area contributed by atoms with Gasteiger partial charge in [0.05, 0.1) is 16.1 Å². The highest BCUT2D eigenvalue weighted by Gasteiger charge is 2.46. The Hall–Kier alpha value is -2.51. The van der Waals surface area contributed by atoms with Crippen LogP contribution in [0.15, 0.2) is 30.5 Å². The number of carboxylic acid groups (broad SMARTS) is 1. The lowest BCUT2D eigenvalue weighted by molar-refractivity contribution is 0.179. The Balaban J connectivity index is 1.70. The van der Waals surface area contributed by atoms with Gasteiger partial charge < -0.3 is 15.3 Å². The van der Waals surface area contributed by atoms with Crippen LogP contribution in [0, 0.1) is 0 Å². The van der Waals surface area contributed by atoms with Gasteiger partial charge in [0.2, 0.25) is 0 Å². The number of anilines is 2. The first kappa shape index (κ1) is 21.7. The molecule has 0 spiro atoms. The molecule has 2 aromatic rings. The molecule has 0 saturated carbocycles. The summed E-state index contributed by atoms with van der Waals surface area (Å²) in [5.41, 5.74) is 1.73. The molecule has 2 bridgehead atoms. The number of nitrogens with one attached hydrogen (secondary N) is 1. The van der Waals surface area contributed by atoms with Gasteiger partial charge in [0.15, 0.2) is 0 Å². The lowest BCUT2D eigenvalue weighted by Gasteiger charge is -2.40.